The molecule has 1 aliphatic rings. The third-order valence-corrected chi connectivity index (χ3v) is 4.01. The summed E-state index contributed by atoms with van der Waals surface area (Å²) >= 11 is 0. The largest absolute Gasteiger partial charge is 0.399 e. The van der Waals surface area contributed by atoms with Crippen molar-refractivity contribution in [2.75, 3.05) is 5.73 Å². The molecule has 1 heteroatoms. The van der Waals surface area contributed by atoms with Crippen LogP contribution < -0.4 is 5.73 Å². The summed E-state index contributed by atoms with van der Waals surface area (Å²) < 4.78 is 0. The summed E-state index contributed by atoms with van der Waals surface area (Å²) in [4.78, 5) is 0. The molecule has 0 saturated heterocycles. The highest BCUT2D eigenvalue weighted by atomic mass is 14.5. The van der Waals surface area contributed by atoms with Crippen molar-refractivity contribution in [3.8, 4) is 0 Å². The Bertz CT molecular complexity index is 554. The Morgan fingerprint density at radius 2 is 1.78 bits per heavy atom. The number of aryl methyl sites for hydroxylation is 2. The van der Waals surface area contributed by atoms with Gasteiger partial charge in [0.05, 0.1) is 0 Å². The number of anilines is 1. The molecule has 2 aromatic rings. The fourth-order valence-corrected chi connectivity index (χ4v) is 2.90. The first-order valence-electron chi connectivity index (χ1n) is 6.66. The van der Waals surface area contributed by atoms with E-state index in [0.29, 0.717) is 5.92 Å². The number of benzene rings is 2. The summed E-state index contributed by atoms with van der Waals surface area (Å²) in [6.07, 6.45) is 3.54. The molecular formula is C17H19N. The minimum Gasteiger partial charge on any atom is -0.399 e. The maximum atomic E-state index is 5.84. The summed E-state index contributed by atoms with van der Waals surface area (Å²) in [5.41, 5.74) is 12.5. The van der Waals surface area contributed by atoms with Crippen LogP contribution in [0.1, 0.15) is 34.6 Å². The second kappa shape index (κ2) is 4.49. The lowest BCUT2D eigenvalue weighted by atomic mass is 9.80. The second-order valence-electron chi connectivity index (χ2n) is 5.38. The fourth-order valence-electron chi connectivity index (χ4n) is 2.90. The molecule has 1 nitrogen and oxygen atoms in total. The molecule has 0 spiro atoms. The van der Waals surface area contributed by atoms with E-state index in [4.69, 9.17) is 5.73 Å². The quantitative estimate of drug-likeness (QED) is 0.749. The zero-order chi connectivity index (χ0) is 12.5. The van der Waals surface area contributed by atoms with Gasteiger partial charge in [-0.25, -0.2) is 0 Å². The van der Waals surface area contributed by atoms with E-state index < -0.39 is 0 Å². The van der Waals surface area contributed by atoms with E-state index in [9.17, 15) is 0 Å². The maximum absolute atomic E-state index is 5.84. The molecule has 0 aliphatic heterocycles. The molecule has 18 heavy (non-hydrogen) atoms. The van der Waals surface area contributed by atoms with Crippen LogP contribution in [0.15, 0.2) is 42.5 Å². The highest BCUT2D eigenvalue weighted by Gasteiger charge is 2.19. The molecule has 92 valence electrons. The fraction of sp³-hybridized carbons (Fsp3) is 0.294. The molecule has 1 unspecified atom stereocenters. The van der Waals surface area contributed by atoms with Gasteiger partial charge in [-0.05, 0) is 60.9 Å². The lowest BCUT2D eigenvalue weighted by molar-refractivity contribution is 0.585. The Hall–Kier alpha value is -1.76. The number of hydrogen-bond donors (Lipinski definition) is 1. The standard InChI is InChI=1S/C17H19N/c1-12-2-4-13(5-3-12)14-6-7-16-11-17(18)9-8-15(16)10-14/h2-5,8-9,11,14H,6-7,10,18H2,1H3. The van der Waals surface area contributed by atoms with E-state index in [1.54, 1.807) is 0 Å². The van der Waals surface area contributed by atoms with E-state index in [1.807, 2.05) is 6.07 Å². The minimum absolute atomic E-state index is 0.668. The number of nitrogens with two attached hydrogens (primary N) is 1. The summed E-state index contributed by atoms with van der Waals surface area (Å²) in [5, 5.41) is 0. The average Bonchev–Trinajstić information content (AvgIpc) is 2.39. The second-order valence-corrected chi connectivity index (χ2v) is 5.38. The molecule has 0 fully saturated rings. The predicted octanol–water partition coefficient (Wildman–Crippen LogP) is 3.85. The molecule has 0 radical (unpaired) electrons. The molecule has 2 N–H and O–H groups in total. The van der Waals surface area contributed by atoms with E-state index in [1.165, 1.54) is 28.7 Å². The molecular weight excluding hydrogens is 218 g/mol. The van der Waals surface area contributed by atoms with Crippen molar-refractivity contribution >= 4 is 5.69 Å². The van der Waals surface area contributed by atoms with Gasteiger partial charge in [-0.3, -0.25) is 0 Å². The summed E-state index contributed by atoms with van der Waals surface area (Å²) in [7, 11) is 0. The minimum atomic E-state index is 0.668. The van der Waals surface area contributed by atoms with Crippen LogP contribution in [0.4, 0.5) is 5.69 Å². The number of fused-ring (bicyclic) bond motifs is 1. The van der Waals surface area contributed by atoms with Gasteiger partial charge in [0.1, 0.15) is 0 Å². The predicted molar refractivity (Wildman–Crippen MR) is 76.8 cm³/mol. The first-order valence-corrected chi connectivity index (χ1v) is 6.66. The van der Waals surface area contributed by atoms with Gasteiger partial charge in [0.15, 0.2) is 0 Å². The van der Waals surface area contributed by atoms with Crippen molar-refractivity contribution in [2.24, 2.45) is 0 Å². The van der Waals surface area contributed by atoms with Crippen LogP contribution in [-0.4, -0.2) is 0 Å². The van der Waals surface area contributed by atoms with Crippen LogP contribution in [0, 0.1) is 6.92 Å². The highest BCUT2D eigenvalue weighted by Crippen LogP contribution is 2.33. The van der Waals surface area contributed by atoms with Gasteiger partial charge in [0.25, 0.3) is 0 Å². The Morgan fingerprint density at radius 1 is 1.00 bits per heavy atom. The third kappa shape index (κ3) is 2.13. The van der Waals surface area contributed by atoms with Crippen LogP contribution in [0.2, 0.25) is 0 Å². The van der Waals surface area contributed by atoms with E-state index >= 15 is 0 Å². The van der Waals surface area contributed by atoms with Crippen LogP contribution in [0.5, 0.6) is 0 Å². The zero-order valence-electron chi connectivity index (χ0n) is 10.8. The summed E-state index contributed by atoms with van der Waals surface area (Å²) in [6.45, 7) is 2.14. The topological polar surface area (TPSA) is 26.0 Å². The summed E-state index contributed by atoms with van der Waals surface area (Å²) in [6, 6.07) is 15.4. The van der Waals surface area contributed by atoms with Gasteiger partial charge in [-0.15, -0.1) is 0 Å². The Morgan fingerprint density at radius 3 is 2.56 bits per heavy atom. The third-order valence-electron chi connectivity index (χ3n) is 4.01. The van der Waals surface area contributed by atoms with Crippen molar-refractivity contribution in [2.45, 2.75) is 32.1 Å². The number of hydrogen-bond acceptors (Lipinski definition) is 1. The number of rotatable bonds is 1. The van der Waals surface area contributed by atoms with E-state index in [2.05, 4.69) is 43.3 Å². The summed E-state index contributed by atoms with van der Waals surface area (Å²) in [5.74, 6) is 0.668. The van der Waals surface area contributed by atoms with Gasteiger partial charge in [-0.1, -0.05) is 35.9 Å². The van der Waals surface area contributed by atoms with Crippen LogP contribution in [0.25, 0.3) is 0 Å². The Balaban J connectivity index is 1.86. The van der Waals surface area contributed by atoms with Crippen LogP contribution in [0.3, 0.4) is 0 Å². The van der Waals surface area contributed by atoms with E-state index in [0.717, 1.165) is 18.5 Å². The lowest BCUT2D eigenvalue weighted by Gasteiger charge is -2.25. The SMILES string of the molecule is Cc1ccc(C2CCc3cc(N)ccc3C2)cc1. The van der Waals surface area contributed by atoms with Crippen LogP contribution in [-0.2, 0) is 12.8 Å². The molecule has 0 saturated carbocycles. The number of nitrogen functional groups attached to an aromatic ring is 1. The molecule has 0 bridgehead atoms. The normalized spacial score (nSPS) is 18.4. The molecule has 0 aromatic heterocycles. The van der Waals surface area contributed by atoms with Crippen LogP contribution >= 0.6 is 0 Å². The molecule has 0 amide bonds. The first kappa shape index (κ1) is 11.3. The van der Waals surface area contributed by atoms with Crippen molar-refractivity contribution in [1.29, 1.82) is 0 Å². The van der Waals surface area contributed by atoms with Crippen molar-refractivity contribution in [1.82, 2.24) is 0 Å². The van der Waals surface area contributed by atoms with Crippen molar-refractivity contribution in [3.63, 3.8) is 0 Å². The monoisotopic (exact) mass is 237 g/mol. The smallest absolute Gasteiger partial charge is 0.0316 e. The molecule has 3 rings (SSSR count). The first-order chi connectivity index (χ1) is 8.72. The molecule has 1 aliphatic carbocycles. The average molecular weight is 237 g/mol. The Labute approximate surface area is 109 Å². The molecule has 1 atom stereocenters. The van der Waals surface area contributed by atoms with Gasteiger partial charge >= 0.3 is 0 Å². The van der Waals surface area contributed by atoms with Crippen molar-refractivity contribution < 1.29 is 0 Å². The van der Waals surface area contributed by atoms with E-state index in [-0.39, 0.29) is 0 Å². The van der Waals surface area contributed by atoms with Crippen molar-refractivity contribution in [3.05, 3.63) is 64.7 Å². The molecule has 2 aromatic carbocycles. The lowest BCUT2D eigenvalue weighted by Crippen LogP contribution is -2.13. The highest BCUT2D eigenvalue weighted by molar-refractivity contribution is 5.46. The van der Waals surface area contributed by atoms with Gasteiger partial charge < -0.3 is 5.73 Å². The molecule has 0 heterocycles. The van der Waals surface area contributed by atoms with Gasteiger partial charge in [-0.2, -0.15) is 0 Å². The maximum Gasteiger partial charge on any atom is 0.0316 e. The zero-order valence-corrected chi connectivity index (χ0v) is 10.8. The van der Waals surface area contributed by atoms with Gasteiger partial charge in [0.2, 0.25) is 0 Å². The van der Waals surface area contributed by atoms with Gasteiger partial charge in [0, 0.05) is 5.69 Å². The Kier molecular flexibility index (Phi) is 2.83.